The van der Waals surface area contributed by atoms with Crippen molar-refractivity contribution in [1.29, 1.82) is 0 Å². The quantitative estimate of drug-likeness (QED) is 0.480. The van der Waals surface area contributed by atoms with Crippen LogP contribution in [0, 0.1) is 18.8 Å². The molecule has 2 aliphatic heterocycles. The van der Waals surface area contributed by atoms with Crippen LogP contribution in [0.3, 0.4) is 0 Å². The highest BCUT2D eigenvalue weighted by molar-refractivity contribution is 7.89. The summed E-state index contributed by atoms with van der Waals surface area (Å²) >= 11 is 1.21. The lowest BCUT2D eigenvalue weighted by Crippen LogP contribution is -2.43. The van der Waals surface area contributed by atoms with E-state index in [1.54, 1.807) is 6.92 Å². The third kappa shape index (κ3) is 6.26. The van der Waals surface area contributed by atoms with E-state index in [9.17, 15) is 18.0 Å². The Labute approximate surface area is 224 Å². The molecule has 37 heavy (non-hydrogen) atoms. The standard InChI is InChI=1S/C26H41N5O4S2/c1-5-21-9-6-7-11-29(21)12-8-10-27-22(32)16-30-17-28-25-23(26(30)33)24(20(4)36-25)37(34,35)31-14-18(2)13-19(3)15-31/h17-19,21H,5-16H2,1-4H3,(H,27,32)/t18-,19-,21-/m1/s1. The van der Waals surface area contributed by atoms with Gasteiger partial charge in [-0.2, -0.15) is 4.31 Å². The molecule has 2 aliphatic rings. The number of rotatable bonds is 9. The summed E-state index contributed by atoms with van der Waals surface area (Å²) in [6.07, 6.45) is 8.11. The number of piperidine rings is 2. The molecule has 1 N–H and O–H groups in total. The summed E-state index contributed by atoms with van der Waals surface area (Å²) in [4.78, 5) is 33.9. The molecule has 2 aromatic heterocycles. The van der Waals surface area contributed by atoms with Crippen LogP contribution >= 0.6 is 11.3 Å². The molecule has 2 fully saturated rings. The Morgan fingerprint density at radius 2 is 1.95 bits per heavy atom. The van der Waals surface area contributed by atoms with Crippen LogP contribution in [0.5, 0.6) is 0 Å². The number of thiophene rings is 1. The summed E-state index contributed by atoms with van der Waals surface area (Å²) in [5, 5.41) is 3.01. The highest BCUT2D eigenvalue weighted by Gasteiger charge is 2.36. The number of hydrogen-bond donors (Lipinski definition) is 1. The van der Waals surface area contributed by atoms with Crippen LogP contribution < -0.4 is 10.9 Å². The van der Waals surface area contributed by atoms with Gasteiger partial charge in [-0.05, 0) is 57.4 Å². The average Bonchev–Trinajstić information content (AvgIpc) is 3.20. The van der Waals surface area contributed by atoms with Gasteiger partial charge in [-0.3, -0.25) is 14.2 Å². The largest absolute Gasteiger partial charge is 0.354 e. The molecule has 2 saturated heterocycles. The van der Waals surface area contributed by atoms with Crippen molar-refractivity contribution in [3.05, 3.63) is 21.6 Å². The van der Waals surface area contributed by atoms with Gasteiger partial charge in [0.2, 0.25) is 15.9 Å². The van der Waals surface area contributed by atoms with E-state index in [1.165, 1.54) is 45.8 Å². The number of carbonyl (C=O) groups is 1. The lowest BCUT2D eigenvalue weighted by Gasteiger charge is -2.35. The maximum atomic E-state index is 13.7. The molecule has 0 unspecified atom stereocenters. The average molecular weight is 552 g/mol. The van der Waals surface area contributed by atoms with E-state index in [0.29, 0.717) is 35.4 Å². The lowest BCUT2D eigenvalue weighted by molar-refractivity contribution is -0.121. The lowest BCUT2D eigenvalue weighted by atomic mass is 9.94. The molecule has 0 aromatic carbocycles. The van der Waals surface area contributed by atoms with Crippen molar-refractivity contribution in [2.45, 2.75) is 83.7 Å². The van der Waals surface area contributed by atoms with Gasteiger partial charge in [0, 0.05) is 37.1 Å². The van der Waals surface area contributed by atoms with Crippen LogP contribution in [-0.4, -0.2) is 71.8 Å². The normalized spacial score (nSPS) is 23.9. The van der Waals surface area contributed by atoms with Crippen LogP contribution in [0.4, 0.5) is 0 Å². The minimum Gasteiger partial charge on any atom is -0.354 e. The fourth-order valence-corrected chi connectivity index (χ4v) is 9.35. The molecule has 0 spiro atoms. The second kappa shape index (κ2) is 11.9. The number of nitrogens with one attached hydrogen (secondary N) is 1. The first-order valence-electron chi connectivity index (χ1n) is 13.6. The Balaban J connectivity index is 1.46. The van der Waals surface area contributed by atoms with Gasteiger partial charge in [-0.1, -0.05) is 27.2 Å². The predicted octanol–water partition coefficient (Wildman–Crippen LogP) is 3.20. The van der Waals surface area contributed by atoms with Gasteiger partial charge in [0.1, 0.15) is 16.3 Å². The first-order valence-corrected chi connectivity index (χ1v) is 15.9. The van der Waals surface area contributed by atoms with Gasteiger partial charge in [-0.15, -0.1) is 11.3 Å². The SMILES string of the molecule is CC[C@@H]1CCCCN1CCCNC(=O)Cn1cnc2sc(C)c(S(=O)(=O)N3C[C@H](C)C[C@@H](C)C3)c2c1=O. The summed E-state index contributed by atoms with van der Waals surface area (Å²) < 4.78 is 30.1. The van der Waals surface area contributed by atoms with Crippen LogP contribution in [0.25, 0.3) is 10.2 Å². The van der Waals surface area contributed by atoms with Crippen LogP contribution in [-0.2, 0) is 21.4 Å². The van der Waals surface area contributed by atoms with Crippen LogP contribution in [0.15, 0.2) is 16.0 Å². The second-order valence-corrected chi connectivity index (χ2v) is 14.0. The Bertz CT molecular complexity index is 1260. The highest BCUT2D eigenvalue weighted by Crippen LogP contribution is 2.35. The molecule has 2 aromatic rings. The molecule has 0 saturated carbocycles. The molecule has 0 radical (unpaired) electrons. The number of amides is 1. The fraction of sp³-hybridized carbons (Fsp3) is 0.731. The molecule has 3 atom stereocenters. The minimum atomic E-state index is -3.86. The third-order valence-corrected chi connectivity index (χ3v) is 10.9. The Hall–Kier alpha value is -1.82. The monoisotopic (exact) mass is 551 g/mol. The first-order chi connectivity index (χ1) is 17.6. The second-order valence-electron chi connectivity index (χ2n) is 10.9. The van der Waals surface area contributed by atoms with E-state index in [4.69, 9.17) is 0 Å². The molecule has 4 heterocycles. The minimum absolute atomic E-state index is 0.0491. The van der Waals surface area contributed by atoms with E-state index >= 15 is 0 Å². The Morgan fingerprint density at radius 1 is 1.22 bits per heavy atom. The molecule has 206 valence electrons. The molecular formula is C26H41N5O4S2. The highest BCUT2D eigenvalue weighted by atomic mass is 32.2. The first kappa shape index (κ1) is 28.2. The third-order valence-electron chi connectivity index (χ3n) is 7.71. The summed E-state index contributed by atoms with van der Waals surface area (Å²) in [6.45, 7) is 11.4. The van der Waals surface area contributed by atoms with Gasteiger partial charge < -0.3 is 10.2 Å². The molecule has 0 aliphatic carbocycles. The Kier molecular flexibility index (Phi) is 9.09. The maximum absolute atomic E-state index is 13.7. The number of hydrogen-bond acceptors (Lipinski definition) is 7. The van der Waals surface area contributed by atoms with Gasteiger partial charge in [0.25, 0.3) is 5.56 Å². The molecule has 11 heteroatoms. The molecule has 4 rings (SSSR count). The number of aromatic nitrogens is 2. The van der Waals surface area contributed by atoms with Crippen molar-refractivity contribution in [2.75, 3.05) is 32.7 Å². The fourth-order valence-electron chi connectivity index (χ4n) is 6.00. The van der Waals surface area contributed by atoms with Crippen molar-refractivity contribution in [2.24, 2.45) is 11.8 Å². The predicted molar refractivity (Wildman–Crippen MR) is 147 cm³/mol. The van der Waals surface area contributed by atoms with Gasteiger partial charge in [-0.25, -0.2) is 13.4 Å². The topological polar surface area (TPSA) is 105 Å². The zero-order valence-corrected chi connectivity index (χ0v) is 24.2. The van der Waals surface area contributed by atoms with Crippen molar-refractivity contribution < 1.29 is 13.2 Å². The van der Waals surface area contributed by atoms with E-state index in [1.807, 2.05) is 0 Å². The van der Waals surface area contributed by atoms with Crippen molar-refractivity contribution in [3.8, 4) is 0 Å². The summed E-state index contributed by atoms with van der Waals surface area (Å²) in [6, 6.07) is 0.636. The number of aryl methyl sites for hydroxylation is 1. The van der Waals surface area contributed by atoms with E-state index in [2.05, 4.69) is 36.0 Å². The Morgan fingerprint density at radius 3 is 2.65 bits per heavy atom. The van der Waals surface area contributed by atoms with Crippen molar-refractivity contribution >= 4 is 37.5 Å². The summed E-state index contributed by atoms with van der Waals surface area (Å²) in [7, 11) is -3.86. The van der Waals surface area contributed by atoms with Crippen molar-refractivity contribution in [1.82, 2.24) is 24.1 Å². The molecule has 0 bridgehead atoms. The number of fused-ring (bicyclic) bond motifs is 1. The van der Waals surface area contributed by atoms with Gasteiger partial charge >= 0.3 is 0 Å². The van der Waals surface area contributed by atoms with E-state index in [0.717, 1.165) is 32.4 Å². The number of nitrogens with zero attached hydrogens (tertiary/aromatic N) is 4. The van der Waals surface area contributed by atoms with Crippen LogP contribution in [0.1, 0.15) is 64.2 Å². The molecule has 9 nitrogen and oxygen atoms in total. The zero-order valence-electron chi connectivity index (χ0n) is 22.5. The summed E-state index contributed by atoms with van der Waals surface area (Å²) in [5.41, 5.74) is -0.486. The van der Waals surface area contributed by atoms with E-state index < -0.39 is 15.6 Å². The molecule has 1 amide bonds. The van der Waals surface area contributed by atoms with Gasteiger partial charge in [0.05, 0.1) is 11.7 Å². The maximum Gasteiger partial charge on any atom is 0.263 e. The number of sulfonamides is 1. The van der Waals surface area contributed by atoms with E-state index in [-0.39, 0.29) is 34.6 Å². The number of carbonyl (C=O) groups excluding carboxylic acids is 1. The summed E-state index contributed by atoms with van der Waals surface area (Å²) in [5.74, 6) is 0.235. The van der Waals surface area contributed by atoms with Crippen molar-refractivity contribution in [3.63, 3.8) is 0 Å². The van der Waals surface area contributed by atoms with Gasteiger partial charge in [0.15, 0.2) is 0 Å². The molecular weight excluding hydrogens is 510 g/mol. The smallest absolute Gasteiger partial charge is 0.263 e. The van der Waals surface area contributed by atoms with Crippen LogP contribution in [0.2, 0.25) is 0 Å². The number of likely N-dealkylation sites (tertiary alicyclic amines) is 1. The zero-order chi connectivity index (χ0) is 26.7.